The van der Waals surface area contributed by atoms with Crippen molar-refractivity contribution in [3.05, 3.63) is 71.7 Å². The zero-order valence-electron chi connectivity index (χ0n) is 12.3. The minimum Gasteiger partial charge on any atom is -0.307 e. The van der Waals surface area contributed by atoms with Crippen LogP contribution in [0.1, 0.15) is 17.4 Å². The molecule has 0 saturated heterocycles. The van der Waals surface area contributed by atoms with Crippen LogP contribution in [0, 0.1) is 0 Å². The van der Waals surface area contributed by atoms with Gasteiger partial charge in [-0.05, 0) is 19.1 Å². The summed E-state index contributed by atoms with van der Waals surface area (Å²) in [7, 11) is 0. The van der Waals surface area contributed by atoms with E-state index < -0.39 is 0 Å². The zero-order chi connectivity index (χ0) is 15.4. The van der Waals surface area contributed by atoms with Crippen molar-refractivity contribution in [2.45, 2.75) is 6.92 Å². The van der Waals surface area contributed by atoms with Gasteiger partial charge in [0.05, 0.1) is 0 Å². The lowest BCUT2D eigenvalue weighted by atomic mass is 10.2. The molecular weight excluding hydrogens is 292 g/mol. The number of para-hydroxylation sites is 1. The van der Waals surface area contributed by atoms with Crippen molar-refractivity contribution >= 4 is 22.9 Å². The van der Waals surface area contributed by atoms with Gasteiger partial charge in [-0.25, -0.2) is 4.98 Å². The van der Waals surface area contributed by atoms with E-state index in [0.29, 0.717) is 12.2 Å². The van der Waals surface area contributed by atoms with Gasteiger partial charge < -0.3 is 4.90 Å². The monoisotopic (exact) mass is 308 g/mol. The lowest BCUT2D eigenvalue weighted by Gasteiger charge is -2.19. The molecule has 110 valence electrons. The van der Waals surface area contributed by atoms with E-state index >= 15 is 0 Å². The van der Waals surface area contributed by atoms with Crippen LogP contribution >= 0.6 is 11.3 Å². The van der Waals surface area contributed by atoms with Crippen LogP contribution in [0.4, 0.5) is 5.69 Å². The molecule has 22 heavy (non-hydrogen) atoms. The van der Waals surface area contributed by atoms with E-state index in [-0.39, 0.29) is 5.91 Å². The molecule has 3 rings (SSSR count). The van der Waals surface area contributed by atoms with E-state index in [1.165, 1.54) is 11.3 Å². The average molecular weight is 308 g/mol. The van der Waals surface area contributed by atoms with Gasteiger partial charge in [0, 0.05) is 23.2 Å². The second kappa shape index (κ2) is 6.54. The SMILES string of the molecule is CCN(C(=O)c1csc(-c2ccccc2)n1)c1ccccc1. The Morgan fingerprint density at radius 2 is 1.68 bits per heavy atom. The molecule has 2 aromatic carbocycles. The van der Waals surface area contributed by atoms with Crippen LogP contribution < -0.4 is 4.90 Å². The van der Waals surface area contributed by atoms with Crippen LogP contribution in [0.5, 0.6) is 0 Å². The quantitative estimate of drug-likeness (QED) is 0.712. The first-order valence-electron chi connectivity index (χ1n) is 7.17. The molecular formula is C18H16N2OS. The fourth-order valence-electron chi connectivity index (χ4n) is 2.27. The van der Waals surface area contributed by atoms with Gasteiger partial charge in [-0.15, -0.1) is 11.3 Å². The number of rotatable bonds is 4. The van der Waals surface area contributed by atoms with Crippen LogP contribution in [-0.4, -0.2) is 17.4 Å². The number of anilines is 1. The van der Waals surface area contributed by atoms with Crippen LogP contribution in [0.15, 0.2) is 66.0 Å². The maximum absolute atomic E-state index is 12.7. The number of aromatic nitrogens is 1. The molecule has 0 radical (unpaired) electrons. The molecule has 0 fully saturated rings. The highest BCUT2D eigenvalue weighted by Crippen LogP contribution is 2.25. The van der Waals surface area contributed by atoms with E-state index in [2.05, 4.69) is 4.98 Å². The molecule has 1 heterocycles. The molecule has 3 nitrogen and oxygen atoms in total. The second-order valence-electron chi connectivity index (χ2n) is 4.79. The Morgan fingerprint density at radius 1 is 1.05 bits per heavy atom. The molecule has 0 aliphatic carbocycles. The van der Waals surface area contributed by atoms with Crippen LogP contribution in [0.25, 0.3) is 10.6 Å². The van der Waals surface area contributed by atoms with Crippen molar-refractivity contribution in [2.24, 2.45) is 0 Å². The van der Waals surface area contributed by atoms with Gasteiger partial charge in [-0.3, -0.25) is 4.79 Å². The molecule has 4 heteroatoms. The largest absolute Gasteiger partial charge is 0.307 e. The standard InChI is InChI=1S/C18H16N2OS/c1-2-20(15-11-7-4-8-12-15)18(21)16-13-22-17(19-16)14-9-5-3-6-10-14/h3-13H,2H2,1H3. The molecule has 0 aliphatic heterocycles. The Hall–Kier alpha value is -2.46. The summed E-state index contributed by atoms with van der Waals surface area (Å²) < 4.78 is 0. The first-order valence-corrected chi connectivity index (χ1v) is 8.05. The third-order valence-electron chi connectivity index (χ3n) is 3.37. The first-order chi connectivity index (χ1) is 10.8. The number of hydrogen-bond acceptors (Lipinski definition) is 3. The summed E-state index contributed by atoms with van der Waals surface area (Å²) >= 11 is 1.50. The van der Waals surface area contributed by atoms with Gasteiger partial charge >= 0.3 is 0 Å². The topological polar surface area (TPSA) is 33.2 Å². The predicted octanol–water partition coefficient (Wildman–Crippen LogP) is 4.48. The maximum Gasteiger partial charge on any atom is 0.277 e. The lowest BCUT2D eigenvalue weighted by Crippen LogP contribution is -2.30. The third kappa shape index (κ3) is 2.92. The van der Waals surface area contributed by atoms with Gasteiger partial charge in [-0.2, -0.15) is 0 Å². The number of nitrogens with zero attached hydrogens (tertiary/aromatic N) is 2. The zero-order valence-corrected chi connectivity index (χ0v) is 13.1. The molecule has 0 spiro atoms. The smallest absolute Gasteiger partial charge is 0.277 e. The van der Waals surface area contributed by atoms with Crippen molar-refractivity contribution in [1.82, 2.24) is 4.98 Å². The Kier molecular flexibility index (Phi) is 4.30. The van der Waals surface area contributed by atoms with E-state index in [1.54, 1.807) is 4.90 Å². The average Bonchev–Trinajstić information content (AvgIpc) is 3.07. The number of amides is 1. The Morgan fingerprint density at radius 3 is 2.32 bits per heavy atom. The molecule has 0 atom stereocenters. The molecule has 1 aromatic heterocycles. The van der Waals surface area contributed by atoms with Crippen molar-refractivity contribution in [1.29, 1.82) is 0 Å². The summed E-state index contributed by atoms with van der Waals surface area (Å²) in [4.78, 5) is 18.9. The van der Waals surface area contributed by atoms with Crippen LogP contribution in [0.2, 0.25) is 0 Å². The number of thiazole rings is 1. The van der Waals surface area contributed by atoms with Crippen LogP contribution in [-0.2, 0) is 0 Å². The fourth-order valence-corrected chi connectivity index (χ4v) is 3.07. The summed E-state index contributed by atoms with van der Waals surface area (Å²) in [6.45, 7) is 2.58. The summed E-state index contributed by atoms with van der Waals surface area (Å²) in [5, 5.41) is 2.70. The van der Waals surface area contributed by atoms with Gasteiger partial charge in [0.25, 0.3) is 5.91 Å². The van der Waals surface area contributed by atoms with Gasteiger partial charge in [0.2, 0.25) is 0 Å². The molecule has 0 aliphatic rings. The summed E-state index contributed by atoms with van der Waals surface area (Å²) in [6, 6.07) is 19.6. The maximum atomic E-state index is 12.7. The summed E-state index contributed by atoms with van der Waals surface area (Å²) in [5.41, 5.74) is 2.42. The van der Waals surface area contributed by atoms with E-state index in [0.717, 1.165) is 16.3 Å². The van der Waals surface area contributed by atoms with Crippen molar-refractivity contribution in [3.63, 3.8) is 0 Å². The molecule has 0 unspecified atom stereocenters. The lowest BCUT2D eigenvalue weighted by molar-refractivity contribution is 0.0984. The molecule has 3 aromatic rings. The van der Waals surface area contributed by atoms with Crippen LogP contribution in [0.3, 0.4) is 0 Å². The molecule has 0 N–H and O–H groups in total. The highest BCUT2D eigenvalue weighted by atomic mass is 32.1. The Labute approximate surface area is 133 Å². The van der Waals surface area contributed by atoms with Crippen molar-refractivity contribution in [2.75, 3.05) is 11.4 Å². The van der Waals surface area contributed by atoms with Crippen molar-refractivity contribution < 1.29 is 4.79 Å². The van der Waals surface area contributed by atoms with Gasteiger partial charge in [0.15, 0.2) is 0 Å². The van der Waals surface area contributed by atoms with E-state index in [9.17, 15) is 4.79 Å². The Bertz CT molecular complexity index is 753. The number of carbonyl (C=O) groups excluding carboxylic acids is 1. The number of benzene rings is 2. The molecule has 0 saturated carbocycles. The fraction of sp³-hybridized carbons (Fsp3) is 0.111. The van der Waals surface area contributed by atoms with Gasteiger partial charge in [-0.1, -0.05) is 48.5 Å². The molecule has 1 amide bonds. The van der Waals surface area contributed by atoms with Gasteiger partial charge in [0.1, 0.15) is 10.7 Å². The first kappa shape index (κ1) is 14.5. The molecule has 0 bridgehead atoms. The number of hydrogen-bond donors (Lipinski definition) is 0. The predicted molar refractivity (Wildman–Crippen MR) is 91.3 cm³/mol. The minimum atomic E-state index is -0.0628. The van der Waals surface area contributed by atoms with E-state index in [1.807, 2.05) is 73.0 Å². The third-order valence-corrected chi connectivity index (χ3v) is 4.26. The second-order valence-corrected chi connectivity index (χ2v) is 5.65. The normalized spacial score (nSPS) is 10.4. The summed E-state index contributed by atoms with van der Waals surface area (Å²) in [6.07, 6.45) is 0. The van der Waals surface area contributed by atoms with E-state index in [4.69, 9.17) is 0 Å². The number of carbonyl (C=O) groups is 1. The highest BCUT2D eigenvalue weighted by Gasteiger charge is 2.19. The summed E-state index contributed by atoms with van der Waals surface area (Å²) in [5.74, 6) is -0.0628. The Balaban J connectivity index is 1.88. The highest BCUT2D eigenvalue weighted by molar-refractivity contribution is 7.13. The van der Waals surface area contributed by atoms with Crippen molar-refractivity contribution in [3.8, 4) is 10.6 Å². The minimum absolute atomic E-state index is 0.0628.